The summed E-state index contributed by atoms with van der Waals surface area (Å²) in [6.07, 6.45) is 3.39. The molecule has 0 bridgehead atoms. The van der Waals surface area contributed by atoms with Crippen LogP contribution in [0, 0.1) is 6.92 Å². The maximum absolute atomic E-state index is 13.0. The molecule has 4 aromatic rings. The van der Waals surface area contributed by atoms with Gasteiger partial charge in [-0.05, 0) is 42.8 Å². The Morgan fingerprint density at radius 1 is 1.12 bits per heavy atom. The molecule has 0 saturated carbocycles. The Morgan fingerprint density at radius 3 is 2.72 bits per heavy atom. The van der Waals surface area contributed by atoms with E-state index in [0.717, 1.165) is 59.6 Å². The molecule has 0 N–H and O–H groups in total. The molecule has 0 aliphatic carbocycles. The third-order valence-corrected chi connectivity index (χ3v) is 6.39. The fourth-order valence-corrected chi connectivity index (χ4v) is 4.75. The Kier molecular flexibility index (Phi) is 5.80. The highest BCUT2D eigenvalue weighted by Crippen LogP contribution is 2.30. The van der Waals surface area contributed by atoms with Crippen molar-refractivity contribution in [1.82, 2.24) is 24.6 Å². The Hall–Kier alpha value is -2.97. The molecule has 5 rings (SSSR count). The van der Waals surface area contributed by atoms with E-state index in [1.54, 1.807) is 17.1 Å². The zero-order chi connectivity index (χ0) is 22.1. The summed E-state index contributed by atoms with van der Waals surface area (Å²) in [6.45, 7) is 6.18. The minimum absolute atomic E-state index is 0.0710. The highest BCUT2D eigenvalue weighted by atomic mass is 79.9. The van der Waals surface area contributed by atoms with Crippen LogP contribution in [0.5, 0.6) is 0 Å². The number of amides is 1. The number of rotatable bonds is 5. The van der Waals surface area contributed by atoms with Crippen molar-refractivity contribution in [2.24, 2.45) is 0 Å². The van der Waals surface area contributed by atoms with Gasteiger partial charge in [0, 0.05) is 49.0 Å². The summed E-state index contributed by atoms with van der Waals surface area (Å²) in [7, 11) is 0. The molecule has 0 spiro atoms. The lowest BCUT2D eigenvalue weighted by Gasteiger charge is -2.34. The highest BCUT2D eigenvalue weighted by Gasteiger charge is 2.23. The Labute approximate surface area is 194 Å². The van der Waals surface area contributed by atoms with Crippen LogP contribution in [0.3, 0.4) is 0 Å². The van der Waals surface area contributed by atoms with Gasteiger partial charge in [0.15, 0.2) is 5.65 Å². The van der Waals surface area contributed by atoms with Crippen molar-refractivity contribution in [3.8, 4) is 11.3 Å². The van der Waals surface area contributed by atoms with Crippen molar-refractivity contribution in [2.45, 2.75) is 20.0 Å². The molecule has 1 aromatic carbocycles. The Morgan fingerprint density at radius 2 is 1.97 bits per heavy atom. The molecular formula is C24H24BrN5O2. The van der Waals surface area contributed by atoms with Crippen molar-refractivity contribution in [1.29, 1.82) is 0 Å². The van der Waals surface area contributed by atoms with Crippen molar-refractivity contribution in [2.75, 3.05) is 26.2 Å². The topological polar surface area (TPSA) is 67.4 Å². The molecule has 1 aliphatic rings. The number of pyridine rings is 1. The van der Waals surface area contributed by atoms with Crippen molar-refractivity contribution < 1.29 is 9.21 Å². The van der Waals surface area contributed by atoms with Gasteiger partial charge in [-0.2, -0.15) is 5.10 Å². The van der Waals surface area contributed by atoms with Gasteiger partial charge in [0.25, 0.3) is 0 Å². The molecule has 32 heavy (non-hydrogen) atoms. The first-order valence-corrected chi connectivity index (χ1v) is 11.5. The van der Waals surface area contributed by atoms with Crippen LogP contribution >= 0.6 is 15.9 Å². The molecule has 1 aliphatic heterocycles. The number of carbonyl (C=O) groups excluding carboxylic acids is 1. The normalized spacial score (nSPS) is 14.9. The molecule has 4 heterocycles. The van der Waals surface area contributed by atoms with Gasteiger partial charge in [0.2, 0.25) is 5.91 Å². The van der Waals surface area contributed by atoms with E-state index in [1.807, 2.05) is 36.1 Å². The lowest BCUT2D eigenvalue weighted by molar-refractivity contribution is -0.133. The van der Waals surface area contributed by atoms with Gasteiger partial charge in [-0.1, -0.05) is 28.1 Å². The monoisotopic (exact) mass is 493 g/mol. The van der Waals surface area contributed by atoms with E-state index in [9.17, 15) is 4.79 Å². The first kappa shape index (κ1) is 20.9. The Bertz CT molecular complexity index is 1240. The van der Waals surface area contributed by atoms with E-state index >= 15 is 0 Å². The number of piperazine rings is 1. The van der Waals surface area contributed by atoms with Crippen LogP contribution < -0.4 is 0 Å². The SMILES string of the molecule is Cc1nn(CC(=O)N2CCN(Cc3cccc(Br)c3)CC2)c2nccc(-c3ccco3)c12. The van der Waals surface area contributed by atoms with E-state index < -0.39 is 0 Å². The second kappa shape index (κ2) is 8.88. The number of furan rings is 1. The summed E-state index contributed by atoms with van der Waals surface area (Å²) in [5.74, 6) is 0.842. The zero-order valence-corrected chi connectivity index (χ0v) is 19.5. The third-order valence-electron chi connectivity index (χ3n) is 5.90. The number of aromatic nitrogens is 3. The van der Waals surface area contributed by atoms with Gasteiger partial charge in [-0.3, -0.25) is 9.69 Å². The van der Waals surface area contributed by atoms with Gasteiger partial charge in [0.05, 0.1) is 17.3 Å². The molecule has 8 heteroatoms. The van der Waals surface area contributed by atoms with E-state index in [4.69, 9.17) is 4.42 Å². The highest BCUT2D eigenvalue weighted by molar-refractivity contribution is 9.10. The summed E-state index contributed by atoms with van der Waals surface area (Å²) >= 11 is 3.53. The van der Waals surface area contributed by atoms with Gasteiger partial charge >= 0.3 is 0 Å². The lowest BCUT2D eigenvalue weighted by atomic mass is 10.1. The van der Waals surface area contributed by atoms with Gasteiger partial charge in [-0.25, -0.2) is 9.67 Å². The molecule has 7 nitrogen and oxygen atoms in total. The molecule has 1 amide bonds. The number of fused-ring (bicyclic) bond motifs is 1. The molecule has 164 valence electrons. The average Bonchev–Trinajstić information content (AvgIpc) is 3.43. The molecule has 3 aromatic heterocycles. The number of nitrogens with zero attached hydrogens (tertiary/aromatic N) is 5. The fourth-order valence-electron chi connectivity index (χ4n) is 4.31. The van der Waals surface area contributed by atoms with E-state index in [1.165, 1.54) is 5.56 Å². The molecular weight excluding hydrogens is 470 g/mol. The average molecular weight is 494 g/mol. The summed E-state index contributed by atoms with van der Waals surface area (Å²) in [4.78, 5) is 21.9. The first-order chi connectivity index (χ1) is 15.6. The van der Waals surface area contributed by atoms with E-state index in [0.29, 0.717) is 5.65 Å². The molecule has 1 fully saturated rings. The summed E-state index contributed by atoms with van der Waals surface area (Å²) < 4.78 is 8.39. The number of benzene rings is 1. The predicted octanol–water partition coefficient (Wildman–Crippen LogP) is 4.11. The molecule has 1 saturated heterocycles. The maximum Gasteiger partial charge on any atom is 0.244 e. The van der Waals surface area contributed by atoms with Crippen LogP contribution in [0.25, 0.3) is 22.4 Å². The van der Waals surface area contributed by atoms with Gasteiger partial charge < -0.3 is 9.32 Å². The van der Waals surface area contributed by atoms with Gasteiger partial charge in [0.1, 0.15) is 12.3 Å². The molecule has 0 atom stereocenters. The largest absolute Gasteiger partial charge is 0.464 e. The molecule has 0 unspecified atom stereocenters. The second-order valence-corrected chi connectivity index (χ2v) is 8.98. The summed E-state index contributed by atoms with van der Waals surface area (Å²) in [5.41, 5.74) is 3.76. The van der Waals surface area contributed by atoms with Crippen LogP contribution in [0.2, 0.25) is 0 Å². The smallest absolute Gasteiger partial charge is 0.244 e. The predicted molar refractivity (Wildman–Crippen MR) is 126 cm³/mol. The molecule has 0 radical (unpaired) electrons. The fraction of sp³-hybridized carbons (Fsp3) is 0.292. The number of hydrogen-bond acceptors (Lipinski definition) is 5. The van der Waals surface area contributed by atoms with Crippen molar-refractivity contribution >= 4 is 32.9 Å². The van der Waals surface area contributed by atoms with Crippen LogP contribution in [0.4, 0.5) is 0 Å². The van der Waals surface area contributed by atoms with Crippen LogP contribution in [-0.4, -0.2) is 56.7 Å². The summed E-state index contributed by atoms with van der Waals surface area (Å²) in [6, 6.07) is 14.1. The quantitative estimate of drug-likeness (QED) is 0.418. The number of carbonyl (C=O) groups is 1. The van der Waals surface area contributed by atoms with Gasteiger partial charge in [-0.15, -0.1) is 0 Å². The third kappa shape index (κ3) is 4.20. The minimum Gasteiger partial charge on any atom is -0.464 e. The van der Waals surface area contributed by atoms with Crippen LogP contribution in [0.1, 0.15) is 11.3 Å². The van der Waals surface area contributed by atoms with E-state index in [2.05, 4.69) is 49.1 Å². The van der Waals surface area contributed by atoms with Crippen molar-refractivity contribution in [3.05, 3.63) is 70.7 Å². The van der Waals surface area contributed by atoms with Crippen LogP contribution in [0.15, 0.2) is 63.8 Å². The first-order valence-electron chi connectivity index (χ1n) is 10.7. The van der Waals surface area contributed by atoms with Crippen LogP contribution in [-0.2, 0) is 17.9 Å². The number of hydrogen-bond donors (Lipinski definition) is 0. The second-order valence-electron chi connectivity index (χ2n) is 8.06. The minimum atomic E-state index is 0.0710. The standard InChI is InChI=1S/C24H24BrN5O2/c1-17-23-20(21-6-3-13-32-21)7-8-26-24(23)30(27-17)16-22(31)29-11-9-28(10-12-29)15-18-4-2-5-19(25)14-18/h2-8,13-14H,9-12,15-16H2,1H3. The maximum atomic E-state index is 13.0. The number of halogens is 1. The zero-order valence-electron chi connectivity index (χ0n) is 17.9. The Balaban J connectivity index is 1.26. The number of aryl methyl sites for hydroxylation is 1. The summed E-state index contributed by atoms with van der Waals surface area (Å²) in [5, 5.41) is 5.55. The van der Waals surface area contributed by atoms with E-state index in [-0.39, 0.29) is 12.5 Å². The van der Waals surface area contributed by atoms with Crippen molar-refractivity contribution in [3.63, 3.8) is 0 Å². The lowest BCUT2D eigenvalue weighted by Crippen LogP contribution is -2.49.